The van der Waals surface area contributed by atoms with E-state index in [1.54, 1.807) is 26.0 Å². The van der Waals surface area contributed by atoms with Crippen LogP contribution in [0.5, 0.6) is 11.5 Å². The number of amides is 2. The maximum absolute atomic E-state index is 13.9. The van der Waals surface area contributed by atoms with Crippen LogP contribution in [0.25, 0.3) is 0 Å². The smallest absolute Gasteiger partial charge is 0.264 e. The number of hydrogen-bond acceptors (Lipinski definition) is 6. The van der Waals surface area contributed by atoms with Crippen molar-refractivity contribution in [1.82, 2.24) is 10.2 Å². The lowest BCUT2D eigenvalue weighted by molar-refractivity contribution is -0.139. The number of anilines is 1. The molecule has 0 radical (unpaired) electrons. The van der Waals surface area contributed by atoms with Crippen molar-refractivity contribution in [3.05, 3.63) is 82.6 Å². The van der Waals surface area contributed by atoms with Gasteiger partial charge in [0.2, 0.25) is 11.8 Å². The number of nitrogens with zero attached hydrogens (tertiary/aromatic N) is 2. The molecule has 3 aromatic rings. The summed E-state index contributed by atoms with van der Waals surface area (Å²) in [6.45, 7) is 3.09. The van der Waals surface area contributed by atoms with Crippen molar-refractivity contribution >= 4 is 43.5 Å². The first-order valence-corrected chi connectivity index (χ1v) is 14.6. The summed E-state index contributed by atoms with van der Waals surface area (Å²) in [5.74, 6) is -1.09. The first-order chi connectivity index (χ1) is 19.0. The van der Waals surface area contributed by atoms with Gasteiger partial charge in [-0.2, -0.15) is 0 Å². The van der Waals surface area contributed by atoms with Crippen LogP contribution in [-0.4, -0.2) is 58.5 Å². The zero-order chi connectivity index (χ0) is 29.4. The molecular formula is C28H31BrFN3O6S. The molecule has 0 bridgehead atoms. The molecule has 3 rings (SSSR count). The molecular weight excluding hydrogens is 605 g/mol. The fourth-order valence-electron chi connectivity index (χ4n) is 3.98. The lowest BCUT2D eigenvalue weighted by Crippen LogP contribution is -2.51. The van der Waals surface area contributed by atoms with Gasteiger partial charge >= 0.3 is 0 Å². The highest BCUT2D eigenvalue weighted by atomic mass is 79.9. The van der Waals surface area contributed by atoms with Gasteiger partial charge in [0.1, 0.15) is 18.4 Å². The van der Waals surface area contributed by atoms with Crippen molar-refractivity contribution in [2.24, 2.45) is 0 Å². The third kappa shape index (κ3) is 7.30. The molecule has 0 saturated heterocycles. The van der Waals surface area contributed by atoms with E-state index in [0.717, 1.165) is 26.5 Å². The predicted molar refractivity (Wildman–Crippen MR) is 153 cm³/mol. The van der Waals surface area contributed by atoms with Crippen molar-refractivity contribution in [2.45, 2.75) is 31.3 Å². The van der Waals surface area contributed by atoms with Gasteiger partial charge in [0.05, 0.1) is 24.8 Å². The Bertz CT molecular complexity index is 1450. The van der Waals surface area contributed by atoms with E-state index >= 15 is 0 Å². The van der Waals surface area contributed by atoms with E-state index in [-0.39, 0.29) is 28.8 Å². The molecule has 3 aromatic carbocycles. The van der Waals surface area contributed by atoms with Crippen LogP contribution in [0, 0.1) is 5.82 Å². The van der Waals surface area contributed by atoms with Crippen molar-refractivity contribution in [3.8, 4) is 11.5 Å². The summed E-state index contributed by atoms with van der Waals surface area (Å²) in [6.07, 6.45) is 0. The Morgan fingerprint density at radius 2 is 1.68 bits per heavy atom. The SMILES string of the molecule is CCNC(=O)[C@H](C)N(Cc1cccc(Br)c1)C(=O)CN(c1ccc(F)cc1)S(=O)(=O)c1ccc(OC)c(OC)c1. The van der Waals surface area contributed by atoms with Crippen LogP contribution in [0.3, 0.4) is 0 Å². The van der Waals surface area contributed by atoms with Crippen LogP contribution in [-0.2, 0) is 26.2 Å². The number of ether oxygens (including phenoxy) is 2. The molecule has 1 N–H and O–H groups in total. The van der Waals surface area contributed by atoms with Crippen molar-refractivity contribution < 1.29 is 31.9 Å². The quantitative estimate of drug-likeness (QED) is 0.317. The summed E-state index contributed by atoms with van der Waals surface area (Å²) >= 11 is 3.41. The number of nitrogens with one attached hydrogen (secondary N) is 1. The molecule has 0 aromatic heterocycles. The van der Waals surface area contributed by atoms with Gasteiger partial charge in [-0.3, -0.25) is 13.9 Å². The molecule has 40 heavy (non-hydrogen) atoms. The van der Waals surface area contributed by atoms with Gasteiger partial charge in [0.15, 0.2) is 11.5 Å². The van der Waals surface area contributed by atoms with Crippen LogP contribution in [0.15, 0.2) is 76.1 Å². The average molecular weight is 637 g/mol. The Morgan fingerprint density at radius 3 is 2.27 bits per heavy atom. The Hall–Kier alpha value is -3.64. The molecule has 9 nitrogen and oxygen atoms in total. The molecule has 0 unspecified atom stereocenters. The van der Waals surface area contributed by atoms with Crippen LogP contribution >= 0.6 is 15.9 Å². The van der Waals surface area contributed by atoms with Gasteiger partial charge in [-0.05, 0) is 67.9 Å². The number of carbonyl (C=O) groups excluding carboxylic acids is 2. The Morgan fingerprint density at radius 1 is 1.00 bits per heavy atom. The average Bonchev–Trinajstić information content (AvgIpc) is 2.94. The molecule has 0 heterocycles. The molecule has 0 fully saturated rings. The van der Waals surface area contributed by atoms with E-state index in [2.05, 4.69) is 21.2 Å². The number of carbonyl (C=O) groups is 2. The standard InChI is InChI=1S/C28H31BrFN3O6S/c1-5-31-28(35)19(2)32(17-20-7-6-8-21(29)15-20)27(34)18-33(23-11-9-22(30)10-12-23)40(36,37)24-13-14-25(38-3)26(16-24)39-4/h6-16,19H,5,17-18H2,1-4H3,(H,31,35)/t19-/m0/s1. The van der Waals surface area contributed by atoms with E-state index in [1.165, 1.54) is 49.5 Å². The fraction of sp³-hybridized carbons (Fsp3) is 0.286. The molecule has 0 spiro atoms. The predicted octanol–water partition coefficient (Wildman–Crippen LogP) is 4.35. The second-order valence-corrected chi connectivity index (χ2v) is 11.5. The van der Waals surface area contributed by atoms with Crippen LogP contribution in [0.4, 0.5) is 10.1 Å². The third-order valence-electron chi connectivity index (χ3n) is 6.10. The zero-order valence-electron chi connectivity index (χ0n) is 22.6. The van der Waals surface area contributed by atoms with Gasteiger partial charge in [-0.1, -0.05) is 28.1 Å². The monoisotopic (exact) mass is 635 g/mol. The number of rotatable bonds is 12. The topological polar surface area (TPSA) is 105 Å². The molecule has 1 atom stereocenters. The zero-order valence-corrected chi connectivity index (χ0v) is 25.0. The molecule has 0 aliphatic heterocycles. The summed E-state index contributed by atoms with van der Waals surface area (Å²) in [5.41, 5.74) is 0.799. The van der Waals surface area contributed by atoms with E-state index < -0.39 is 34.3 Å². The maximum atomic E-state index is 13.9. The normalized spacial score (nSPS) is 11.8. The van der Waals surface area contributed by atoms with Crippen LogP contribution < -0.4 is 19.1 Å². The molecule has 214 valence electrons. The first-order valence-electron chi connectivity index (χ1n) is 12.3. The number of benzene rings is 3. The highest BCUT2D eigenvalue weighted by molar-refractivity contribution is 9.10. The summed E-state index contributed by atoms with van der Waals surface area (Å²) in [7, 11) is -1.57. The Balaban J connectivity index is 2.07. The number of methoxy groups -OCH3 is 2. The van der Waals surface area contributed by atoms with E-state index in [1.807, 2.05) is 12.1 Å². The van der Waals surface area contributed by atoms with E-state index in [9.17, 15) is 22.4 Å². The van der Waals surface area contributed by atoms with Gasteiger partial charge in [-0.15, -0.1) is 0 Å². The lowest BCUT2D eigenvalue weighted by Gasteiger charge is -2.32. The molecule has 12 heteroatoms. The summed E-state index contributed by atoms with van der Waals surface area (Å²) < 4.78 is 53.8. The second kappa shape index (κ2) is 13.6. The minimum atomic E-state index is -4.37. The fourth-order valence-corrected chi connectivity index (χ4v) is 5.85. The van der Waals surface area contributed by atoms with E-state index in [4.69, 9.17) is 9.47 Å². The number of hydrogen-bond donors (Lipinski definition) is 1. The van der Waals surface area contributed by atoms with Crippen LogP contribution in [0.1, 0.15) is 19.4 Å². The maximum Gasteiger partial charge on any atom is 0.264 e. The molecule has 0 saturated carbocycles. The van der Waals surface area contributed by atoms with Crippen molar-refractivity contribution in [1.29, 1.82) is 0 Å². The van der Waals surface area contributed by atoms with Crippen molar-refractivity contribution in [2.75, 3.05) is 31.6 Å². The molecule has 0 aliphatic rings. The van der Waals surface area contributed by atoms with Gasteiger partial charge in [0.25, 0.3) is 10.0 Å². The summed E-state index contributed by atoms with van der Waals surface area (Å²) in [5, 5.41) is 2.71. The lowest BCUT2D eigenvalue weighted by atomic mass is 10.1. The number of sulfonamides is 1. The summed E-state index contributed by atoms with van der Waals surface area (Å²) in [6, 6.07) is 15.1. The molecule has 2 amide bonds. The number of halogens is 2. The molecule has 0 aliphatic carbocycles. The third-order valence-corrected chi connectivity index (χ3v) is 8.36. The Labute approximate surface area is 242 Å². The highest BCUT2D eigenvalue weighted by Crippen LogP contribution is 2.32. The Kier molecular flexibility index (Phi) is 10.5. The number of likely N-dealkylation sites (N-methyl/N-ethyl adjacent to an activating group) is 1. The van der Waals surface area contributed by atoms with Crippen LogP contribution in [0.2, 0.25) is 0 Å². The van der Waals surface area contributed by atoms with Crippen molar-refractivity contribution in [3.63, 3.8) is 0 Å². The minimum Gasteiger partial charge on any atom is -0.493 e. The minimum absolute atomic E-state index is 0.0459. The highest BCUT2D eigenvalue weighted by Gasteiger charge is 2.33. The summed E-state index contributed by atoms with van der Waals surface area (Å²) in [4.78, 5) is 27.8. The van der Waals surface area contributed by atoms with E-state index in [0.29, 0.717) is 12.3 Å². The van der Waals surface area contributed by atoms with Gasteiger partial charge in [0, 0.05) is 23.6 Å². The first kappa shape index (κ1) is 30.9. The van der Waals surface area contributed by atoms with Gasteiger partial charge in [-0.25, -0.2) is 12.8 Å². The second-order valence-electron chi connectivity index (χ2n) is 8.73. The largest absolute Gasteiger partial charge is 0.493 e. The van der Waals surface area contributed by atoms with Gasteiger partial charge < -0.3 is 19.7 Å².